The lowest BCUT2D eigenvalue weighted by Crippen LogP contribution is -2.43. The summed E-state index contributed by atoms with van der Waals surface area (Å²) in [5.74, 6) is -0.0816. The van der Waals surface area contributed by atoms with Crippen LogP contribution in [0.1, 0.15) is 41.7 Å². The number of nitrogens with zero attached hydrogens (tertiary/aromatic N) is 3. The molecule has 1 fully saturated rings. The quantitative estimate of drug-likeness (QED) is 0.723. The van der Waals surface area contributed by atoms with Crippen LogP contribution in [0.25, 0.3) is 11.1 Å². The number of carbonyl (C=O) groups excluding carboxylic acids is 1. The zero-order valence-corrected chi connectivity index (χ0v) is 16.0. The molecule has 0 spiro atoms. The molecule has 6 nitrogen and oxygen atoms in total. The third kappa shape index (κ3) is 5.16. The molecule has 1 amide bonds. The minimum Gasteiger partial charge on any atom is -0.395 e. The van der Waals surface area contributed by atoms with Crippen molar-refractivity contribution in [3.8, 4) is 17.2 Å². The molecule has 0 saturated carbocycles. The zero-order chi connectivity index (χ0) is 19.8. The van der Waals surface area contributed by atoms with Crippen LogP contribution in [0, 0.1) is 11.3 Å². The summed E-state index contributed by atoms with van der Waals surface area (Å²) in [6.07, 6.45) is 5.96. The summed E-state index contributed by atoms with van der Waals surface area (Å²) in [5.41, 5.74) is 2.87. The number of aliphatic hydroxyl groups excluding tert-OH is 1. The van der Waals surface area contributed by atoms with E-state index in [1.165, 1.54) is 12.8 Å². The van der Waals surface area contributed by atoms with Crippen LogP contribution in [-0.4, -0.2) is 53.2 Å². The lowest BCUT2D eigenvalue weighted by molar-refractivity contribution is 0.0868. The van der Waals surface area contributed by atoms with E-state index in [0.717, 1.165) is 37.1 Å². The first-order valence-electron chi connectivity index (χ1n) is 9.81. The van der Waals surface area contributed by atoms with E-state index in [9.17, 15) is 9.90 Å². The van der Waals surface area contributed by atoms with E-state index in [1.807, 2.05) is 24.3 Å². The number of aliphatic hydroxyl groups is 1. The number of rotatable bonds is 7. The van der Waals surface area contributed by atoms with Gasteiger partial charge in [-0.05, 0) is 55.6 Å². The van der Waals surface area contributed by atoms with E-state index in [1.54, 1.807) is 24.4 Å². The molecule has 2 N–H and O–H groups in total. The number of hydrogen-bond donors (Lipinski definition) is 2. The summed E-state index contributed by atoms with van der Waals surface area (Å²) in [4.78, 5) is 18.7. The van der Waals surface area contributed by atoms with E-state index >= 15 is 0 Å². The van der Waals surface area contributed by atoms with E-state index < -0.39 is 0 Å². The Hall–Kier alpha value is -2.75. The molecule has 3 rings (SSSR count). The molecule has 2 aromatic rings. The number of benzene rings is 1. The molecule has 1 unspecified atom stereocenters. The van der Waals surface area contributed by atoms with Gasteiger partial charge in [0.1, 0.15) is 11.8 Å². The summed E-state index contributed by atoms with van der Waals surface area (Å²) in [6.45, 7) is 2.77. The smallest absolute Gasteiger partial charge is 0.251 e. The molecule has 1 aromatic heterocycles. The van der Waals surface area contributed by atoms with Crippen molar-refractivity contribution in [1.82, 2.24) is 15.2 Å². The van der Waals surface area contributed by atoms with Gasteiger partial charge < -0.3 is 10.4 Å². The largest absolute Gasteiger partial charge is 0.395 e. The fourth-order valence-corrected chi connectivity index (χ4v) is 3.59. The van der Waals surface area contributed by atoms with Crippen LogP contribution in [0.4, 0.5) is 0 Å². The van der Waals surface area contributed by atoms with Crippen LogP contribution >= 0.6 is 0 Å². The summed E-state index contributed by atoms with van der Waals surface area (Å²) >= 11 is 0. The third-order valence-electron chi connectivity index (χ3n) is 5.23. The fourth-order valence-electron chi connectivity index (χ4n) is 3.59. The van der Waals surface area contributed by atoms with Gasteiger partial charge >= 0.3 is 0 Å². The molecule has 0 radical (unpaired) electrons. The Morgan fingerprint density at radius 1 is 1.21 bits per heavy atom. The van der Waals surface area contributed by atoms with Crippen molar-refractivity contribution in [2.45, 2.75) is 31.7 Å². The maximum Gasteiger partial charge on any atom is 0.251 e. The summed E-state index contributed by atoms with van der Waals surface area (Å²) < 4.78 is 0. The van der Waals surface area contributed by atoms with Gasteiger partial charge in [0.2, 0.25) is 0 Å². The van der Waals surface area contributed by atoms with Gasteiger partial charge in [0.05, 0.1) is 6.61 Å². The standard InChI is InChI=1S/C22H26N4O2/c23-14-20-10-9-19(15-25-20)17-5-7-18(8-6-17)22(28)24-11-3-13-26-12-2-1-4-21(26)16-27/h5-10,15,21,27H,1-4,11-13,16H2,(H,24,28). The van der Waals surface area contributed by atoms with Crippen LogP contribution in [0.5, 0.6) is 0 Å². The molecule has 2 heterocycles. The van der Waals surface area contributed by atoms with Gasteiger partial charge in [-0.25, -0.2) is 4.98 Å². The Balaban J connectivity index is 1.47. The van der Waals surface area contributed by atoms with Gasteiger partial charge in [0.25, 0.3) is 5.91 Å². The predicted molar refractivity (Wildman–Crippen MR) is 108 cm³/mol. The first-order valence-corrected chi connectivity index (χ1v) is 9.81. The van der Waals surface area contributed by atoms with Crippen molar-refractivity contribution >= 4 is 5.91 Å². The maximum atomic E-state index is 12.3. The topological polar surface area (TPSA) is 89.2 Å². The molecule has 146 valence electrons. The first-order chi connectivity index (χ1) is 13.7. The molecular formula is C22H26N4O2. The van der Waals surface area contributed by atoms with Crippen LogP contribution in [0.15, 0.2) is 42.6 Å². The lowest BCUT2D eigenvalue weighted by atomic mass is 10.0. The second kappa shape index (κ2) is 9.98. The van der Waals surface area contributed by atoms with E-state index in [4.69, 9.17) is 5.26 Å². The second-order valence-electron chi connectivity index (χ2n) is 7.10. The van der Waals surface area contributed by atoms with Crippen molar-refractivity contribution < 1.29 is 9.90 Å². The van der Waals surface area contributed by atoms with Crippen molar-refractivity contribution in [3.05, 3.63) is 53.9 Å². The van der Waals surface area contributed by atoms with Gasteiger partial charge in [0.15, 0.2) is 0 Å². The lowest BCUT2D eigenvalue weighted by Gasteiger charge is -2.34. The normalized spacial score (nSPS) is 17.1. The highest BCUT2D eigenvalue weighted by Gasteiger charge is 2.20. The SMILES string of the molecule is N#Cc1ccc(-c2ccc(C(=O)NCCCN3CCCCC3CO)cc2)cn1. The van der Waals surface area contributed by atoms with Crippen LogP contribution in [0.2, 0.25) is 0 Å². The Morgan fingerprint density at radius 2 is 2.00 bits per heavy atom. The Morgan fingerprint density at radius 3 is 2.68 bits per heavy atom. The highest BCUT2D eigenvalue weighted by atomic mass is 16.3. The third-order valence-corrected chi connectivity index (χ3v) is 5.23. The summed E-state index contributed by atoms with van der Waals surface area (Å²) in [7, 11) is 0. The minimum absolute atomic E-state index is 0.0816. The number of carbonyl (C=O) groups is 1. The monoisotopic (exact) mass is 378 g/mol. The van der Waals surface area contributed by atoms with Crippen molar-refractivity contribution in [1.29, 1.82) is 5.26 Å². The average Bonchev–Trinajstić information content (AvgIpc) is 2.77. The number of amides is 1. The van der Waals surface area contributed by atoms with Gasteiger partial charge in [-0.2, -0.15) is 5.26 Å². The van der Waals surface area contributed by atoms with Crippen LogP contribution in [-0.2, 0) is 0 Å². The number of piperidine rings is 1. The average molecular weight is 378 g/mol. The summed E-state index contributed by atoms with van der Waals surface area (Å²) in [6, 6.07) is 13.2. The number of likely N-dealkylation sites (tertiary alicyclic amines) is 1. The maximum absolute atomic E-state index is 12.3. The predicted octanol–water partition coefficient (Wildman–Crippen LogP) is 2.59. The van der Waals surface area contributed by atoms with Crippen molar-refractivity contribution in [2.24, 2.45) is 0 Å². The Kier molecular flexibility index (Phi) is 7.12. The number of pyridine rings is 1. The number of nitriles is 1. The van der Waals surface area contributed by atoms with E-state index in [-0.39, 0.29) is 18.6 Å². The van der Waals surface area contributed by atoms with Crippen LogP contribution < -0.4 is 5.32 Å². The van der Waals surface area contributed by atoms with Crippen LogP contribution in [0.3, 0.4) is 0 Å². The molecule has 28 heavy (non-hydrogen) atoms. The van der Waals surface area contributed by atoms with Gasteiger partial charge in [-0.15, -0.1) is 0 Å². The van der Waals surface area contributed by atoms with E-state index in [2.05, 4.69) is 15.2 Å². The highest BCUT2D eigenvalue weighted by molar-refractivity contribution is 5.94. The molecule has 1 aliphatic rings. The molecular weight excluding hydrogens is 352 g/mol. The Bertz CT molecular complexity index is 812. The van der Waals surface area contributed by atoms with E-state index in [0.29, 0.717) is 17.8 Å². The minimum atomic E-state index is -0.0816. The number of nitrogens with one attached hydrogen (secondary N) is 1. The van der Waals surface area contributed by atoms with Crippen molar-refractivity contribution in [2.75, 3.05) is 26.2 Å². The molecule has 0 aliphatic carbocycles. The summed E-state index contributed by atoms with van der Waals surface area (Å²) in [5, 5.41) is 21.2. The molecule has 1 aromatic carbocycles. The highest BCUT2D eigenvalue weighted by Crippen LogP contribution is 2.19. The molecule has 6 heteroatoms. The second-order valence-corrected chi connectivity index (χ2v) is 7.10. The van der Waals surface area contributed by atoms with Crippen molar-refractivity contribution in [3.63, 3.8) is 0 Å². The Labute approximate surface area is 165 Å². The molecule has 1 saturated heterocycles. The van der Waals surface area contributed by atoms with Gasteiger partial charge in [-0.3, -0.25) is 9.69 Å². The zero-order valence-electron chi connectivity index (χ0n) is 16.0. The first kappa shape index (κ1) is 20.0. The molecule has 1 atom stereocenters. The molecule has 1 aliphatic heterocycles. The van der Waals surface area contributed by atoms with Gasteiger partial charge in [-0.1, -0.05) is 18.6 Å². The molecule has 0 bridgehead atoms. The number of aromatic nitrogens is 1. The number of hydrogen-bond acceptors (Lipinski definition) is 5. The fraction of sp³-hybridized carbons (Fsp3) is 0.409. The van der Waals surface area contributed by atoms with Gasteiger partial charge in [0, 0.05) is 36.5 Å².